The number of sulfonamides is 1. The average Bonchev–Trinajstić information content (AvgIpc) is 2.62. The second kappa shape index (κ2) is 9.78. The summed E-state index contributed by atoms with van der Waals surface area (Å²) in [5.41, 5.74) is 1.27. The van der Waals surface area contributed by atoms with Gasteiger partial charge in [0.2, 0.25) is 10.0 Å². The van der Waals surface area contributed by atoms with Crippen molar-refractivity contribution in [3.63, 3.8) is 0 Å². The average molecular weight is 432 g/mol. The van der Waals surface area contributed by atoms with Crippen molar-refractivity contribution in [2.75, 3.05) is 19.4 Å². The van der Waals surface area contributed by atoms with Crippen LogP contribution in [0.1, 0.15) is 30.9 Å². The smallest absolute Gasteiger partial charge is 0.240 e. The molecular formula is C19H23ClFNO3S2. The van der Waals surface area contributed by atoms with Crippen LogP contribution in [0.3, 0.4) is 0 Å². The van der Waals surface area contributed by atoms with Gasteiger partial charge in [0.05, 0.1) is 12.0 Å². The predicted octanol–water partition coefficient (Wildman–Crippen LogP) is 4.82. The molecule has 0 atom stereocenters. The maximum absolute atomic E-state index is 13.7. The molecule has 0 aliphatic heterocycles. The van der Waals surface area contributed by atoms with Gasteiger partial charge in [-0.2, -0.15) is 11.8 Å². The van der Waals surface area contributed by atoms with Gasteiger partial charge in [-0.25, -0.2) is 17.5 Å². The highest BCUT2D eigenvalue weighted by molar-refractivity contribution is 7.98. The first-order chi connectivity index (χ1) is 12.8. The van der Waals surface area contributed by atoms with E-state index in [0.717, 1.165) is 5.56 Å². The summed E-state index contributed by atoms with van der Waals surface area (Å²) in [6.07, 6.45) is 0. The first kappa shape index (κ1) is 22.0. The van der Waals surface area contributed by atoms with Gasteiger partial charge in [0, 0.05) is 28.6 Å². The highest BCUT2D eigenvalue weighted by atomic mass is 35.5. The van der Waals surface area contributed by atoms with Crippen LogP contribution in [0.25, 0.3) is 0 Å². The van der Waals surface area contributed by atoms with Gasteiger partial charge in [-0.1, -0.05) is 31.5 Å². The largest absolute Gasteiger partial charge is 0.496 e. The molecule has 0 heterocycles. The Morgan fingerprint density at radius 2 is 2.00 bits per heavy atom. The maximum atomic E-state index is 13.7. The van der Waals surface area contributed by atoms with E-state index in [1.807, 2.05) is 13.8 Å². The summed E-state index contributed by atoms with van der Waals surface area (Å²) in [5, 5.41) is 0.377. The molecule has 0 aliphatic carbocycles. The van der Waals surface area contributed by atoms with E-state index in [0.29, 0.717) is 27.8 Å². The summed E-state index contributed by atoms with van der Waals surface area (Å²) in [7, 11) is -2.06. The summed E-state index contributed by atoms with van der Waals surface area (Å²) < 4.78 is 46.6. The van der Waals surface area contributed by atoms with E-state index < -0.39 is 10.0 Å². The van der Waals surface area contributed by atoms with E-state index in [1.165, 1.54) is 23.9 Å². The molecule has 8 heteroatoms. The van der Waals surface area contributed by atoms with Crippen LogP contribution in [-0.4, -0.2) is 27.8 Å². The first-order valence-electron chi connectivity index (χ1n) is 8.44. The second-order valence-corrected chi connectivity index (χ2v) is 9.49. The summed E-state index contributed by atoms with van der Waals surface area (Å²) in [5.74, 6) is 1.33. The van der Waals surface area contributed by atoms with Crippen molar-refractivity contribution in [1.82, 2.24) is 4.72 Å². The maximum Gasteiger partial charge on any atom is 0.240 e. The molecule has 2 rings (SSSR count). The standard InChI is InChI=1S/C19H23ClFNO3S2/c1-13(2)15-11-14(7-8-19(15)25-3)27(23,24)22-9-10-26-12-16-17(20)5-4-6-18(16)21/h4-8,11,13,22H,9-10,12H2,1-3H3. The zero-order valence-electron chi connectivity index (χ0n) is 15.5. The Bertz CT molecular complexity index is 868. The molecule has 4 nitrogen and oxygen atoms in total. The zero-order valence-corrected chi connectivity index (χ0v) is 17.8. The number of ether oxygens (including phenoxy) is 1. The predicted molar refractivity (Wildman–Crippen MR) is 110 cm³/mol. The molecule has 0 saturated heterocycles. The fourth-order valence-corrected chi connectivity index (χ4v) is 4.90. The van der Waals surface area contributed by atoms with Crippen LogP contribution >= 0.6 is 23.4 Å². The zero-order chi connectivity index (χ0) is 20.0. The number of hydrogen-bond donors (Lipinski definition) is 1. The molecule has 0 radical (unpaired) electrons. The molecule has 0 spiro atoms. The van der Waals surface area contributed by atoms with E-state index in [1.54, 1.807) is 31.4 Å². The van der Waals surface area contributed by atoms with Gasteiger partial charge in [-0.15, -0.1) is 0 Å². The fraction of sp³-hybridized carbons (Fsp3) is 0.368. The molecule has 0 fully saturated rings. The van der Waals surface area contributed by atoms with Crippen molar-refractivity contribution >= 4 is 33.4 Å². The normalized spacial score (nSPS) is 11.8. The lowest BCUT2D eigenvalue weighted by atomic mass is 10.0. The molecule has 1 N–H and O–H groups in total. The number of rotatable bonds is 9. The third-order valence-corrected chi connectivity index (χ3v) is 6.78. The van der Waals surface area contributed by atoms with Crippen molar-refractivity contribution in [2.45, 2.75) is 30.4 Å². The Hall–Kier alpha value is -1.28. The molecule has 0 bridgehead atoms. The van der Waals surface area contributed by atoms with Crippen LogP contribution in [0.15, 0.2) is 41.3 Å². The number of benzene rings is 2. The van der Waals surface area contributed by atoms with Gasteiger partial charge in [0.15, 0.2) is 0 Å². The summed E-state index contributed by atoms with van der Waals surface area (Å²) >= 11 is 7.40. The Kier molecular flexibility index (Phi) is 7.97. The molecule has 0 saturated carbocycles. The molecule has 2 aromatic rings. The molecule has 148 valence electrons. The van der Waals surface area contributed by atoms with Crippen LogP contribution in [0.4, 0.5) is 4.39 Å². The van der Waals surface area contributed by atoms with Crippen molar-refractivity contribution in [3.8, 4) is 5.75 Å². The summed E-state index contributed by atoms with van der Waals surface area (Å²) in [6, 6.07) is 9.39. The fourth-order valence-electron chi connectivity index (χ4n) is 2.51. The molecule has 0 unspecified atom stereocenters. The quantitative estimate of drug-likeness (QED) is 0.578. The van der Waals surface area contributed by atoms with Crippen molar-refractivity contribution in [3.05, 3.63) is 58.4 Å². The SMILES string of the molecule is COc1ccc(S(=O)(=O)NCCSCc2c(F)cccc2Cl)cc1C(C)C. The molecule has 0 aromatic heterocycles. The molecule has 27 heavy (non-hydrogen) atoms. The first-order valence-corrected chi connectivity index (χ1v) is 11.5. The van der Waals surface area contributed by atoms with E-state index >= 15 is 0 Å². The van der Waals surface area contributed by atoms with Gasteiger partial charge < -0.3 is 4.74 Å². The molecule has 0 amide bonds. The minimum Gasteiger partial charge on any atom is -0.496 e. The van der Waals surface area contributed by atoms with Gasteiger partial charge in [-0.3, -0.25) is 0 Å². The summed E-state index contributed by atoms with van der Waals surface area (Å²) in [4.78, 5) is 0.203. The van der Waals surface area contributed by atoms with E-state index in [4.69, 9.17) is 16.3 Å². The van der Waals surface area contributed by atoms with Crippen LogP contribution in [-0.2, 0) is 15.8 Å². The van der Waals surface area contributed by atoms with E-state index in [-0.39, 0.29) is 23.2 Å². The third kappa shape index (κ3) is 5.85. The van der Waals surface area contributed by atoms with Gasteiger partial charge in [0.1, 0.15) is 11.6 Å². The Morgan fingerprint density at radius 1 is 1.26 bits per heavy atom. The third-order valence-electron chi connectivity index (χ3n) is 3.98. The van der Waals surface area contributed by atoms with Gasteiger partial charge >= 0.3 is 0 Å². The lowest BCUT2D eigenvalue weighted by Gasteiger charge is -2.14. The minimum atomic E-state index is -3.62. The number of methoxy groups -OCH3 is 1. The van der Waals surface area contributed by atoms with Crippen LogP contribution < -0.4 is 9.46 Å². The van der Waals surface area contributed by atoms with Crippen LogP contribution in [0, 0.1) is 5.82 Å². The lowest BCUT2D eigenvalue weighted by molar-refractivity contribution is 0.407. The highest BCUT2D eigenvalue weighted by Crippen LogP contribution is 2.29. The monoisotopic (exact) mass is 431 g/mol. The number of hydrogen-bond acceptors (Lipinski definition) is 4. The Balaban J connectivity index is 1.94. The number of halogens is 2. The second-order valence-electron chi connectivity index (χ2n) is 6.21. The molecular weight excluding hydrogens is 409 g/mol. The van der Waals surface area contributed by atoms with Crippen molar-refractivity contribution < 1.29 is 17.5 Å². The topological polar surface area (TPSA) is 55.4 Å². The number of nitrogens with one attached hydrogen (secondary N) is 1. The van der Waals surface area contributed by atoms with E-state index in [9.17, 15) is 12.8 Å². The van der Waals surface area contributed by atoms with Crippen LogP contribution in [0.5, 0.6) is 5.75 Å². The van der Waals surface area contributed by atoms with Crippen molar-refractivity contribution in [2.24, 2.45) is 0 Å². The van der Waals surface area contributed by atoms with Gasteiger partial charge in [0.25, 0.3) is 0 Å². The van der Waals surface area contributed by atoms with Crippen LogP contribution in [0.2, 0.25) is 5.02 Å². The van der Waals surface area contributed by atoms with Gasteiger partial charge in [-0.05, 0) is 41.8 Å². The Labute approximate surface area is 169 Å². The molecule has 0 aliphatic rings. The van der Waals surface area contributed by atoms with E-state index in [2.05, 4.69) is 4.72 Å². The lowest BCUT2D eigenvalue weighted by Crippen LogP contribution is -2.26. The Morgan fingerprint density at radius 3 is 2.63 bits per heavy atom. The molecule has 2 aromatic carbocycles. The number of thioether (sulfide) groups is 1. The minimum absolute atomic E-state index is 0.135. The van der Waals surface area contributed by atoms with Crippen molar-refractivity contribution in [1.29, 1.82) is 0 Å². The summed E-state index contributed by atoms with van der Waals surface area (Å²) in [6.45, 7) is 4.19. The highest BCUT2D eigenvalue weighted by Gasteiger charge is 2.17.